The number of rotatable bonds is 15. The molecule has 0 amide bonds. The average Bonchev–Trinajstić information content (AvgIpc) is 2.56. The predicted molar refractivity (Wildman–Crippen MR) is 108 cm³/mol. The molecule has 25 heavy (non-hydrogen) atoms. The molecule has 0 radical (unpaired) electrons. The van der Waals surface area contributed by atoms with Crippen molar-refractivity contribution in [1.82, 2.24) is 0 Å². The van der Waals surface area contributed by atoms with Crippen LogP contribution in [0.25, 0.3) is 0 Å². The highest BCUT2D eigenvalue weighted by molar-refractivity contribution is 5.13. The second-order valence-electron chi connectivity index (χ2n) is 8.19. The van der Waals surface area contributed by atoms with Crippen molar-refractivity contribution in [3.8, 4) is 0 Å². The summed E-state index contributed by atoms with van der Waals surface area (Å²) in [4.78, 5) is 0. The largest absolute Gasteiger partial charge is 1.00 e. The van der Waals surface area contributed by atoms with Gasteiger partial charge in [-0.15, -0.1) is 0 Å². The van der Waals surface area contributed by atoms with E-state index in [9.17, 15) is 0 Å². The Bertz CT molecular complexity index is 388. The van der Waals surface area contributed by atoms with Crippen LogP contribution >= 0.6 is 0 Å². The fourth-order valence-corrected chi connectivity index (χ4v) is 3.54. The normalized spacial score (nSPS) is 11.3. The van der Waals surface area contributed by atoms with Crippen molar-refractivity contribution in [3.63, 3.8) is 0 Å². The summed E-state index contributed by atoms with van der Waals surface area (Å²) in [5.41, 5.74) is 1.46. The van der Waals surface area contributed by atoms with Gasteiger partial charge in [0.1, 0.15) is 6.54 Å². The summed E-state index contributed by atoms with van der Waals surface area (Å²) >= 11 is 0. The summed E-state index contributed by atoms with van der Waals surface area (Å²) in [5.74, 6) is 0. The molecule has 0 aromatic heterocycles. The van der Waals surface area contributed by atoms with Gasteiger partial charge in [0.25, 0.3) is 0 Å². The molecular weight excluding hydrogens is 326 g/mol. The van der Waals surface area contributed by atoms with Crippen molar-refractivity contribution in [1.29, 1.82) is 0 Å². The van der Waals surface area contributed by atoms with Crippen LogP contribution in [-0.2, 0) is 6.54 Å². The molecule has 0 fully saturated rings. The summed E-state index contributed by atoms with van der Waals surface area (Å²) in [6, 6.07) is 10.9. The van der Waals surface area contributed by atoms with Crippen LogP contribution in [0.5, 0.6) is 0 Å². The lowest BCUT2D eigenvalue weighted by molar-refractivity contribution is -0.903. The van der Waals surface area contributed by atoms with E-state index >= 15 is 0 Å². The maximum atomic E-state index is 2.37. The lowest BCUT2D eigenvalue weighted by Crippen LogP contribution is -3.00. The monoisotopic (exact) mass is 367 g/mol. The van der Waals surface area contributed by atoms with Crippen LogP contribution in [0.3, 0.4) is 0 Å². The minimum atomic E-state index is 0. The molecule has 2 heteroatoms. The van der Waals surface area contributed by atoms with Crippen LogP contribution in [0.4, 0.5) is 0 Å². The van der Waals surface area contributed by atoms with Crippen LogP contribution in [0.1, 0.15) is 89.5 Å². The van der Waals surface area contributed by atoms with Gasteiger partial charge in [-0.3, -0.25) is 0 Å². The quantitative estimate of drug-likeness (QED) is 0.325. The van der Waals surface area contributed by atoms with E-state index in [0.29, 0.717) is 0 Å². The second-order valence-corrected chi connectivity index (χ2v) is 8.19. The summed E-state index contributed by atoms with van der Waals surface area (Å²) in [6.07, 6.45) is 17.2. The van der Waals surface area contributed by atoms with E-state index in [4.69, 9.17) is 0 Å². The standard InChI is InChI=1S/C23H42N.ClH/c1-4-5-6-7-8-9-10-11-12-13-14-18-21-24(2,3)22-23-19-16-15-17-20-23;/h15-17,19-20H,4-14,18,21-22H2,1-3H3;1H/q+1;/p-1. The van der Waals surface area contributed by atoms with Gasteiger partial charge in [-0.05, 0) is 12.8 Å². The lowest BCUT2D eigenvalue weighted by Gasteiger charge is -2.30. The van der Waals surface area contributed by atoms with Gasteiger partial charge < -0.3 is 16.9 Å². The number of hydrogen-bond donors (Lipinski definition) is 0. The van der Waals surface area contributed by atoms with Crippen molar-refractivity contribution in [2.24, 2.45) is 0 Å². The van der Waals surface area contributed by atoms with Gasteiger partial charge in [-0.2, -0.15) is 0 Å². The second kappa shape index (κ2) is 15.7. The van der Waals surface area contributed by atoms with E-state index < -0.39 is 0 Å². The van der Waals surface area contributed by atoms with E-state index in [1.807, 2.05) is 0 Å². The molecule has 1 nitrogen and oxygen atoms in total. The van der Waals surface area contributed by atoms with Crippen molar-refractivity contribution >= 4 is 0 Å². The van der Waals surface area contributed by atoms with Gasteiger partial charge in [0.2, 0.25) is 0 Å². The first-order valence-electron chi connectivity index (χ1n) is 10.5. The van der Waals surface area contributed by atoms with Crippen LogP contribution in [0, 0.1) is 0 Å². The molecule has 0 aliphatic rings. The Balaban J connectivity index is 0.00000576. The third-order valence-corrected chi connectivity index (χ3v) is 5.07. The average molecular weight is 368 g/mol. The first kappa shape index (κ1) is 24.5. The summed E-state index contributed by atoms with van der Waals surface area (Å²) in [6.45, 7) is 4.74. The first-order chi connectivity index (χ1) is 11.6. The molecule has 0 spiro atoms. The molecular formula is C23H42ClN. The van der Waals surface area contributed by atoms with E-state index in [1.54, 1.807) is 0 Å². The number of nitrogens with zero attached hydrogens (tertiary/aromatic N) is 1. The van der Waals surface area contributed by atoms with Crippen molar-refractivity contribution in [3.05, 3.63) is 35.9 Å². The molecule has 1 aromatic rings. The smallest absolute Gasteiger partial charge is 0.104 e. The first-order valence-corrected chi connectivity index (χ1v) is 10.5. The van der Waals surface area contributed by atoms with Crippen molar-refractivity contribution in [2.75, 3.05) is 20.6 Å². The van der Waals surface area contributed by atoms with Crippen molar-refractivity contribution < 1.29 is 16.9 Å². The molecule has 0 N–H and O–H groups in total. The number of hydrogen-bond acceptors (Lipinski definition) is 0. The summed E-state index contributed by atoms with van der Waals surface area (Å²) in [5, 5.41) is 0. The van der Waals surface area contributed by atoms with E-state index in [-0.39, 0.29) is 12.4 Å². The number of benzene rings is 1. The third kappa shape index (κ3) is 14.3. The maximum absolute atomic E-state index is 2.37. The molecule has 0 aliphatic heterocycles. The minimum absolute atomic E-state index is 0. The SMILES string of the molecule is CCCCCCCCCCCCCC[N+](C)(C)Cc1ccccc1.[Cl-]. The Morgan fingerprint density at radius 1 is 0.640 bits per heavy atom. The van der Waals surface area contributed by atoms with Crippen LogP contribution in [-0.4, -0.2) is 25.1 Å². The molecule has 0 heterocycles. The summed E-state index contributed by atoms with van der Waals surface area (Å²) < 4.78 is 1.11. The molecule has 0 saturated carbocycles. The van der Waals surface area contributed by atoms with E-state index in [1.165, 1.54) is 89.2 Å². The van der Waals surface area contributed by atoms with Crippen molar-refractivity contribution in [2.45, 2.75) is 90.5 Å². The number of quaternary nitrogens is 1. The number of unbranched alkanes of at least 4 members (excludes halogenated alkanes) is 11. The molecule has 146 valence electrons. The molecule has 0 aliphatic carbocycles. The topological polar surface area (TPSA) is 0 Å². The van der Waals surface area contributed by atoms with Gasteiger partial charge in [0, 0.05) is 5.56 Å². The molecule has 1 rings (SSSR count). The fraction of sp³-hybridized carbons (Fsp3) is 0.739. The Morgan fingerprint density at radius 3 is 1.56 bits per heavy atom. The van der Waals surface area contributed by atoms with Crippen LogP contribution in [0.2, 0.25) is 0 Å². The Kier molecular flexibility index (Phi) is 15.4. The third-order valence-electron chi connectivity index (χ3n) is 5.07. The van der Waals surface area contributed by atoms with Gasteiger partial charge in [-0.25, -0.2) is 0 Å². The highest BCUT2D eigenvalue weighted by Gasteiger charge is 2.14. The van der Waals surface area contributed by atoms with E-state index in [0.717, 1.165) is 11.0 Å². The zero-order valence-electron chi connectivity index (χ0n) is 17.1. The predicted octanol–water partition coefficient (Wildman–Crippen LogP) is 3.97. The van der Waals surface area contributed by atoms with Gasteiger partial charge in [0.15, 0.2) is 0 Å². The highest BCUT2D eigenvalue weighted by atomic mass is 35.5. The molecule has 0 saturated heterocycles. The molecule has 0 unspecified atom stereocenters. The molecule has 1 aromatic carbocycles. The lowest BCUT2D eigenvalue weighted by atomic mass is 10.1. The zero-order chi connectivity index (χ0) is 17.5. The fourth-order valence-electron chi connectivity index (χ4n) is 3.54. The Hall–Kier alpha value is -0.530. The highest BCUT2D eigenvalue weighted by Crippen LogP contribution is 2.14. The Labute approximate surface area is 164 Å². The van der Waals surface area contributed by atoms with Crippen LogP contribution in [0.15, 0.2) is 30.3 Å². The van der Waals surface area contributed by atoms with Gasteiger partial charge >= 0.3 is 0 Å². The van der Waals surface area contributed by atoms with Gasteiger partial charge in [0.05, 0.1) is 20.6 Å². The van der Waals surface area contributed by atoms with Crippen LogP contribution < -0.4 is 12.4 Å². The summed E-state index contributed by atoms with van der Waals surface area (Å²) in [7, 11) is 4.73. The maximum Gasteiger partial charge on any atom is 0.104 e. The number of halogens is 1. The molecule has 0 atom stereocenters. The minimum Gasteiger partial charge on any atom is -1.00 e. The molecule has 0 bridgehead atoms. The zero-order valence-corrected chi connectivity index (χ0v) is 17.9. The van der Waals surface area contributed by atoms with Gasteiger partial charge in [-0.1, -0.05) is 101 Å². The van der Waals surface area contributed by atoms with E-state index in [2.05, 4.69) is 51.4 Å². The Morgan fingerprint density at radius 2 is 1.08 bits per heavy atom.